The van der Waals surface area contributed by atoms with Crippen molar-refractivity contribution >= 4 is 33.3 Å². The molecule has 164 valence electrons. The minimum absolute atomic E-state index is 0.294. The Bertz CT molecular complexity index is 898. The predicted octanol–water partition coefficient (Wildman–Crippen LogP) is 4.85. The molecule has 0 unspecified atom stereocenters. The van der Waals surface area contributed by atoms with Crippen LogP contribution in [-0.2, 0) is 24.1 Å². The third-order valence-electron chi connectivity index (χ3n) is 6.45. The molecule has 4 rings (SSSR count). The van der Waals surface area contributed by atoms with Gasteiger partial charge in [-0.2, -0.15) is 0 Å². The largest absolute Gasteiger partial charge is 0.352 e. The molecule has 2 aliphatic rings. The number of carbonyl (C=O) groups excluding carboxylic acids is 1. The molecule has 5 nitrogen and oxygen atoms in total. The van der Waals surface area contributed by atoms with Gasteiger partial charge in [-0.25, -0.2) is 9.97 Å². The molecule has 1 fully saturated rings. The molecular formula is C24H36N4OS. The van der Waals surface area contributed by atoms with Crippen LogP contribution in [0.3, 0.4) is 0 Å². The van der Waals surface area contributed by atoms with Crippen LogP contribution in [0.4, 0.5) is 5.82 Å². The van der Waals surface area contributed by atoms with Gasteiger partial charge in [-0.3, -0.25) is 4.79 Å². The Kier molecular flexibility index (Phi) is 6.61. The third-order valence-corrected chi connectivity index (χ3v) is 7.60. The molecule has 1 saturated heterocycles. The van der Waals surface area contributed by atoms with Crippen molar-refractivity contribution in [3.05, 3.63) is 16.3 Å². The maximum Gasteiger partial charge on any atom is 0.222 e. The Labute approximate surface area is 184 Å². The molecule has 2 aromatic heterocycles. The summed E-state index contributed by atoms with van der Waals surface area (Å²) >= 11 is 1.90. The fraction of sp³-hybridized carbons (Fsp3) is 0.708. The maximum atomic E-state index is 12.5. The summed E-state index contributed by atoms with van der Waals surface area (Å²) in [5, 5.41) is 1.31. The van der Waals surface area contributed by atoms with Gasteiger partial charge >= 0.3 is 0 Å². The van der Waals surface area contributed by atoms with Crippen LogP contribution in [0, 0.1) is 11.8 Å². The van der Waals surface area contributed by atoms with E-state index in [1.165, 1.54) is 33.5 Å². The lowest BCUT2D eigenvalue weighted by Gasteiger charge is -2.36. The first-order valence-electron chi connectivity index (χ1n) is 11.8. The van der Waals surface area contributed by atoms with Crippen molar-refractivity contribution in [2.75, 3.05) is 31.1 Å². The zero-order valence-corrected chi connectivity index (χ0v) is 19.9. The van der Waals surface area contributed by atoms with Crippen LogP contribution in [0.25, 0.3) is 10.2 Å². The van der Waals surface area contributed by atoms with E-state index in [-0.39, 0.29) is 0 Å². The number of thiophene rings is 1. The van der Waals surface area contributed by atoms with Gasteiger partial charge in [0.05, 0.1) is 5.39 Å². The van der Waals surface area contributed by atoms with Crippen LogP contribution in [0.2, 0.25) is 0 Å². The van der Waals surface area contributed by atoms with Crippen LogP contribution in [0.1, 0.15) is 69.6 Å². The van der Waals surface area contributed by atoms with Crippen molar-refractivity contribution in [1.29, 1.82) is 0 Å². The van der Waals surface area contributed by atoms with E-state index in [0.717, 1.165) is 69.4 Å². The SMILES string of the molecule is CCCCc1nc(N2CCN(C(=O)CC(C)C)CC2)c2c3c(sc2n1)C[C@@H](C)CC3. The van der Waals surface area contributed by atoms with Gasteiger partial charge in [0.15, 0.2) is 0 Å². The van der Waals surface area contributed by atoms with E-state index >= 15 is 0 Å². The Hall–Kier alpha value is -1.69. The van der Waals surface area contributed by atoms with Gasteiger partial charge in [0.25, 0.3) is 0 Å². The zero-order chi connectivity index (χ0) is 21.3. The van der Waals surface area contributed by atoms with Crippen molar-refractivity contribution in [3.8, 4) is 0 Å². The lowest BCUT2D eigenvalue weighted by molar-refractivity contribution is -0.132. The summed E-state index contributed by atoms with van der Waals surface area (Å²) in [6, 6.07) is 0. The Balaban J connectivity index is 1.63. The van der Waals surface area contributed by atoms with Gasteiger partial charge in [-0.05, 0) is 43.1 Å². The third kappa shape index (κ3) is 4.48. The lowest BCUT2D eigenvalue weighted by Crippen LogP contribution is -2.49. The topological polar surface area (TPSA) is 49.3 Å². The van der Waals surface area contributed by atoms with E-state index in [4.69, 9.17) is 9.97 Å². The number of amides is 1. The molecule has 1 aliphatic heterocycles. The smallest absolute Gasteiger partial charge is 0.222 e. The minimum atomic E-state index is 0.294. The quantitative estimate of drug-likeness (QED) is 0.660. The van der Waals surface area contributed by atoms with Gasteiger partial charge in [0.1, 0.15) is 16.5 Å². The molecule has 0 spiro atoms. The van der Waals surface area contributed by atoms with E-state index in [9.17, 15) is 4.79 Å². The van der Waals surface area contributed by atoms with E-state index in [1.54, 1.807) is 0 Å². The number of rotatable bonds is 6. The van der Waals surface area contributed by atoms with Crippen LogP contribution in [-0.4, -0.2) is 47.0 Å². The minimum Gasteiger partial charge on any atom is -0.352 e. The van der Waals surface area contributed by atoms with Crippen molar-refractivity contribution in [2.45, 2.75) is 72.6 Å². The van der Waals surface area contributed by atoms with Gasteiger partial charge in [-0.15, -0.1) is 11.3 Å². The molecular weight excluding hydrogens is 392 g/mol. The second-order valence-corrected chi connectivity index (χ2v) is 10.6. The fourth-order valence-corrected chi connectivity index (χ4v) is 6.08. The predicted molar refractivity (Wildman–Crippen MR) is 125 cm³/mol. The van der Waals surface area contributed by atoms with E-state index in [1.807, 2.05) is 16.2 Å². The monoisotopic (exact) mass is 428 g/mol. The zero-order valence-electron chi connectivity index (χ0n) is 19.0. The number of unbranched alkanes of at least 4 members (excludes halogenated alkanes) is 1. The van der Waals surface area contributed by atoms with E-state index in [0.29, 0.717) is 18.2 Å². The molecule has 6 heteroatoms. The summed E-state index contributed by atoms with van der Waals surface area (Å²) in [4.78, 5) is 29.8. The molecule has 1 atom stereocenters. The number of fused-ring (bicyclic) bond motifs is 3. The summed E-state index contributed by atoms with van der Waals surface area (Å²) in [5.74, 6) is 3.59. The average Bonchev–Trinajstić information content (AvgIpc) is 3.08. The normalized spacial score (nSPS) is 19.6. The second kappa shape index (κ2) is 9.21. The number of piperazine rings is 1. The highest BCUT2D eigenvalue weighted by atomic mass is 32.1. The molecule has 0 bridgehead atoms. The summed E-state index contributed by atoms with van der Waals surface area (Å²) in [7, 11) is 0. The highest BCUT2D eigenvalue weighted by Gasteiger charge is 2.28. The highest BCUT2D eigenvalue weighted by molar-refractivity contribution is 7.19. The van der Waals surface area contributed by atoms with Gasteiger partial charge < -0.3 is 9.80 Å². The summed E-state index contributed by atoms with van der Waals surface area (Å²) < 4.78 is 0. The molecule has 1 aliphatic carbocycles. The first-order chi connectivity index (χ1) is 14.5. The number of hydrogen-bond donors (Lipinski definition) is 0. The van der Waals surface area contributed by atoms with E-state index < -0.39 is 0 Å². The fourth-order valence-electron chi connectivity index (χ4n) is 4.69. The van der Waals surface area contributed by atoms with Crippen molar-refractivity contribution in [1.82, 2.24) is 14.9 Å². The molecule has 0 radical (unpaired) electrons. The summed E-state index contributed by atoms with van der Waals surface area (Å²) in [6.07, 6.45) is 7.47. The van der Waals surface area contributed by atoms with Crippen LogP contribution in [0.15, 0.2) is 0 Å². The standard InChI is InChI=1S/C24H36N4OS/c1-5-6-7-20-25-23(28-12-10-27(11-13-28)21(29)14-16(2)3)22-18-9-8-17(4)15-19(18)30-24(22)26-20/h16-17H,5-15H2,1-4H3/t17-/m0/s1. The Morgan fingerprint density at radius 3 is 2.67 bits per heavy atom. The van der Waals surface area contributed by atoms with Crippen LogP contribution < -0.4 is 4.90 Å². The Morgan fingerprint density at radius 2 is 1.97 bits per heavy atom. The summed E-state index contributed by atoms with van der Waals surface area (Å²) in [6.45, 7) is 12.1. The number of aryl methyl sites for hydroxylation is 2. The lowest BCUT2D eigenvalue weighted by atomic mass is 9.89. The number of aromatic nitrogens is 2. The highest BCUT2D eigenvalue weighted by Crippen LogP contribution is 2.41. The first kappa shape index (κ1) is 21.5. The maximum absolute atomic E-state index is 12.5. The molecule has 1 amide bonds. The molecule has 30 heavy (non-hydrogen) atoms. The van der Waals surface area contributed by atoms with Gasteiger partial charge in [0, 0.05) is 43.9 Å². The second-order valence-electron chi connectivity index (χ2n) is 9.56. The molecule has 0 aromatic carbocycles. The average molecular weight is 429 g/mol. The van der Waals surface area contributed by atoms with Crippen LogP contribution >= 0.6 is 11.3 Å². The number of carbonyl (C=O) groups is 1. The number of nitrogens with zero attached hydrogens (tertiary/aromatic N) is 4. The number of anilines is 1. The molecule has 0 N–H and O–H groups in total. The first-order valence-corrected chi connectivity index (χ1v) is 12.6. The Morgan fingerprint density at radius 1 is 1.20 bits per heavy atom. The molecule has 2 aromatic rings. The van der Waals surface area contributed by atoms with Crippen molar-refractivity contribution in [3.63, 3.8) is 0 Å². The molecule has 3 heterocycles. The van der Waals surface area contributed by atoms with Gasteiger partial charge in [-0.1, -0.05) is 34.1 Å². The number of hydrogen-bond acceptors (Lipinski definition) is 5. The summed E-state index contributed by atoms with van der Waals surface area (Å²) in [5.41, 5.74) is 1.50. The van der Waals surface area contributed by atoms with E-state index in [2.05, 4.69) is 32.6 Å². The molecule has 0 saturated carbocycles. The van der Waals surface area contributed by atoms with Crippen molar-refractivity contribution < 1.29 is 4.79 Å². The van der Waals surface area contributed by atoms with Gasteiger partial charge in [0.2, 0.25) is 5.91 Å². The van der Waals surface area contributed by atoms with Crippen molar-refractivity contribution in [2.24, 2.45) is 11.8 Å². The van der Waals surface area contributed by atoms with Crippen LogP contribution in [0.5, 0.6) is 0 Å².